The molecule has 3 N–H and O–H groups in total. The Morgan fingerprint density at radius 1 is 1.50 bits per heavy atom. The standard InChI is InChI=1S/C16H14N4O3S/c1-19-13-9(7-18-19)4-5-11-12(13)16(24-14(11)15(17)21)23-10-3-2-6-20(22)8-10/h2-3,6-8H,4-5H2,1H3,(H2-,17,21,22)/p+1. The van der Waals surface area contributed by atoms with E-state index in [0.29, 0.717) is 15.7 Å². The molecule has 1 aliphatic carbocycles. The zero-order chi connectivity index (χ0) is 16.8. The number of rotatable bonds is 3. The van der Waals surface area contributed by atoms with E-state index in [2.05, 4.69) is 5.10 Å². The van der Waals surface area contributed by atoms with Crippen molar-refractivity contribution < 1.29 is 19.5 Å². The lowest BCUT2D eigenvalue weighted by molar-refractivity contribution is -0.904. The van der Waals surface area contributed by atoms with Crippen LogP contribution in [0.2, 0.25) is 0 Å². The van der Waals surface area contributed by atoms with Gasteiger partial charge in [0.05, 0.1) is 22.3 Å². The SMILES string of the molecule is Cn1ncc2c1-c1c(Oc3ccc[n+](O)c3)sc(C(N)=O)c1CC2. The smallest absolute Gasteiger partial charge is 0.264 e. The number of carbonyl (C=O) groups is 1. The van der Waals surface area contributed by atoms with E-state index in [1.54, 1.807) is 16.8 Å². The van der Waals surface area contributed by atoms with Crippen molar-refractivity contribution in [2.75, 3.05) is 0 Å². The maximum atomic E-state index is 11.8. The Kier molecular flexibility index (Phi) is 3.27. The molecule has 0 radical (unpaired) electrons. The first kappa shape index (κ1) is 14.7. The fourth-order valence-corrected chi connectivity index (χ4v) is 4.12. The Hall–Kier alpha value is -2.87. The number of thiophene rings is 1. The number of hydrogen-bond acceptors (Lipinski definition) is 5. The lowest BCUT2D eigenvalue weighted by Gasteiger charge is -2.15. The van der Waals surface area contributed by atoms with Gasteiger partial charge in [-0.25, -0.2) is 0 Å². The third-order valence-corrected chi connectivity index (χ3v) is 5.19. The van der Waals surface area contributed by atoms with Gasteiger partial charge in [0, 0.05) is 17.8 Å². The average molecular weight is 343 g/mol. The second-order valence-corrected chi connectivity index (χ2v) is 6.58. The molecule has 0 saturated carbocycles. The molecule has 1 aliphatic rings. The van der Waals surface area contributed by atoms with E-state index >= 15 is 0 Å². The van der Waals surface area contributed by atoms with Crippen LogP contribution < -0.4 is 15.2 Å². The van der Waals surface area contributed by atoms with E-state index in [-0.39, 0.29) is 0 Å². The van der Waals surface area contributed by atoms with Gasteiger partial charge >= 0.3 is 0 Å². The van der Waals surface area contributed by atoms with Crippen LogP contribution in [0.25, 0.3) is 11.3 Å². The normalized spacial score (nSPS) is 12.5. The van der Waals surface area contributed by atoms with Crippen molar-refractivity contribution >= 4 is 17.2 Å². The van der Waals surface area contributed by atoms with Gasteiger partial charge in [-0.1, -0.05) is 11.3 Å². The molecule has 7 nitrogen and oxygen atoms in total. The highest BCUT2D eigenvalue weighted by atomic mass is 32.1. The fraction of sp³-hybridized carbons (Fsp3) is 0.188. The minimum atomic E-state index is -0.456. The van der Waals surface area contributed by atoms with E-state index in [1.807, 2.05) is 13.2 Å². The molecule has 4 rings (SSSR count). The Labute approximate surface area is 141 Å². The molecule has 0 aromatic carbocycles. The highest BCUT2D eigenvalue weighted by molar-refractivity contribution is 7.16. The second-order valence-electron chi connectivity index (χ2n) is 5.60. The van der Waals surface area contributed by atoms with Crippen LogP contribution >= 0.6 is 11.3 Å². The van der Waals surface area contributed by atoms with E-state index < -0.39 is 5.91 Å². The molecule has 122 valence electrons. The van der Waals surface area contributed by atoms with Gasteiger partial charge in [-0.05, 0) is 30.0 Å². The summed E-state index contributed by atoms with van der Waals surface area (Å²) in [5.74, 6) is 0.0105. The summed E-state index contributed by atoms with van der Waals surface area (Å²) in [5, 5.41) is 14.4. The summed E-state index contributed by atoms with van der Waals surface area (Å²) in [4.78, 5) is 12.4. The van der Waals surface area contributed by atoms with Crippen molar-refractivity contribution in [3.8, 4) is 22.1 Å². The Balaban J connectivity index is 1.89. The Bertz CT molecular complexity index is 960. The van der Waals surface area contributed by atoms with Crippen LogP contribution in [0.15, 0.2) is 30.7 Å². The van der Waals surface area contributed by atoms with Gasteiger partial charge in [0.1, 0.15) is 0 Å². The molecule has 0 unspecified atom stereocenters. The molecule has 0 fully saturated rings. The minimum Gasteiger partial charge on any atom is -0.439 e. The van der Waals surface area contributed by atoms with Crippen LogP contribution in [0.4, 0.5) is 0 Å². The van der Waals surface area contributed by atoms with Crippen molar-refractivity contribution in [2.24, 2.45) is 12.8 Å². The number of fused-ring (bicyclic) bond motifs is 3. The molecule has 3 aromatic rings. The molecule has 3 heterocycles. The van der Waals surface area contributed by atoms with Crippen molar-refractivity contribution in [1.82, 2.24) is 9.78 Å². The molecule has 0 aliphatic heterocycles. The predicted molar refractivity (Wildman–Crippen MR) is 86.3 cm³/mol. The maximum Gasteiger partial charge on any atom is 0.264 e. The van der Waals surface area contributed by atoms with Crippen LogP contribution in [0.1, 0.15) is 20.8 Å². The highest BCUT2D eigenvalue weighted by Crippen LogP contribution is 2.48. The zero-order valence-corrected chi connectivity index (χ0v) is 13.7. The maximum absolute atomic E-state index is 11.8. The fourth-order valence-electron chi connectivity index (χ4n) is 3.05. The number of carbonyl (C=O) groups excluding carboxylic acids is 1. The Morgan fingerprint density at radius 2 is 2.33 bits per heavy atom. The van der Waals surface area contributed by atoms with Gasteiger partial charge in [-0.3, -0.25) is 14.7 Å². The minimum absolute atomic E-state index is 0.456. The molecular weight excluding hydrogens is 328 g/mol. The first-order valence-electron chi connectivity index (χ1n) is 7.39. The van der Waals surface area contributed by atoms with E-state index in [1.165, 1.54) is 23.7 Å². The van der Waals surface area contributed by atoms with Crippen molar-refractivity contribution in [2.45, 2.75) is 12.8 Å². The molecule has 0 spiro atoms. The average Bonchev–Trinajstić information content (AvgIpc) is 3.09. The summed E-state index contributed by atoms with van der Waals surface area (Å²) in [6, 6.07) is 3.40. The van der Waals surface area contributed by atoms with E-state index in [4.69, 9.17) is 10.5 Å². The molecule has 1 amide bonds. The van der Waals surface area contributed by atoms with E-state index in [9.17, 15) is 10.0 Å². The number of nitrogens with zero attached hydrogens (tertiary/aromatic N) is 3. The van der Waals surface area contributed by atoms with Gasteiger partial charge in [-0.2, -0.15) is 5.10 Å². The van der Waals surface area contributed by atoms with Gasteiger partial charge in [0.15, 0.2) is 10.8 Å². The van der Waals surface area contributed by atoms with E-state index in [0.717, 1.165) is 40.0 Å². The van der Waals surface area contributed by atoms with Crippen molar-refractivity contribution in [3.63, 3.8) is 0 Å². The van der Waals surface area contributed by atoms with Crippen LogP contribution in [-0.2, 0) is 19.9 Å². The summed E-state index contributed by atoms with van der Waals surface area (Å²) >= 11 is 1.23. The second kappa shape index (κ2) is 5.34. The van der Waals surface area contributed by atoms with Crippen LogP contribution in [0, 0.1) is 0 Å². The lowest BCUT2D eigenvalue weighted by Crippen LogP contribution is -2.27. The topological polar surface area (TPSA) is 94.2 Å². The number of aromatic nitrogens is 3. The molecule has 0 atom stereocenters. The van der Waals surface area contributed by atoms with Crippen LogP contribution in [0.3, 0.4) is 0 Å². The quantitative estimate of drug-likeness (QED) is 0.559. The first-order chi connectivity index (χ1) is 11.5. The molecule has 0 bridgehead atoms. The number of pyridine rings is 1. The van der Waals surface area contributed by atoms with Gasteiger partial charge < -0.3 is 10.5 Å². The summed E-state index contributed by atoms with van der Waals surface area (Å²) in [7, 11) is 1.86. The van der Waals surface area contributed by atoms with Crippen LogP contribution in [0.5, 0.6) is 10.8 Å². The van der Waals surface area contributed by atoms with Gasteiger partial charge in [-0.15, -0.1) is 0 Å². The summed E-state index contributed by atoms with van der Waals surface area (Å²) in [5.41, 5.74) is 9.39. The number of amides is 1. The molecule has 3 aromatic heterocycles. The van der Waals surface area contributed by atoms with Crippen molar-refractivity contribution in [1.29, 1.82) is 0 Å². The number of primary amides is 1. The summed E-state index contributed by atoms with van der Waals surface area (Å²) in [6.07, 6.45) is 6.32. The van der Waals surface area contributed by atoms with Crippen LogP contribution in [-0.4, -0.2) is 20.9 Å². The van der Waals surface area contributed by atoms with Gasteiger partial charge in [0.25, 0.3) is 12.1 Å². The monoisotopic (exact) mass is 343 g/mol. The first-order valence-corrected chi connectivity index (χ1v) is 8.21. The summed E-state index contributed by atoms with van der Waals surface area (Å²) in [6.45, 7) is 0. The Morgan fingerprint density at radius 3 is 3.08 bits per heavy atom. The lowest BCUT2D eigenvalue weighted by atomic mass is 9.91. The number of aryl methyl sites for hydroxylation is 2. The number of nitrogens with two attached hydrogens (primary N) is 1. The zero-order valence-electron chi connectivity index (χ0n) is 12.9. The molecule has 24 heavy (non-hydrogen) atoms. The summed E-state index contributed by atoms with van der Waals surface area (Å²) < 4.78 is 8.66. The molecule has 8 heteroatoms. The third-order valence-electron chi connectivity index (χ3n) is 4.06. The number of hydrogen-bond donors (Lipinski definition) is 2. The largest absolute Gasteiger partial charge is 0.439 e. The highest BCUT2D eigenvalue weighted by Gasteiger charge is 2.31. The molecular formula is C16H15N4O3S+. The predicted octanol–water partition coefficient (Wildman–Crippen LogP) is 1.66. The third kappa shape index (κ3) is 2.23. The molecule has 0 saturated heterocycles. The number of ether oxygens (including phenoxy) is 1. The van der Waals surface area contributed by atoms with Gasteiger partial charge in [0.2, 0.25) is 6.20 Å². The van der Waals surface area contributed by atoms with Crippen molar-refractivity contribution in [3.05, 3.63) is 46.7 Å².